The summed E-state index contributed by atoms with van der Waals surface area (Å²) in [7, 11) is 0. The fourth-order valence-corrected chi connectivity index (χ4v) is 1.64. The van der Waals surface area contributed by atoms with Crippen molar-refractivity contribution < 1.29 is 18.5 Å². The van der Waals surface area contributed by atoms with Crippen LogP contribution < -0.4 is 11.1 Å². The number of carbonyl (C=O) groups excluding carboxylic acids is 1. The van der Waals surface area contributed by atoms with Crippen LogP contribution >= 0.6 is 0 Å². The Morgan fingerprint density at radius 2 is 2.05 bits per heavy atom. The molecule has 0 bridgehead atoms. The SMILES string of the molecule is CC(C)C[C@@H](N)C(=O)Nc1c([N+](=O)[O-])ccc(F)c1F. The Kier molecular flexibility index (Phi) is 5.09. The predicted octanol–water partition coefficient (Wildman–Crippen LogP) is 2.18. The summed E-state index contributed by atoms with van der Waals surface area (Å²) in [6.07, 6.45) is 0.316. The van der Waals surface area contributed by atoms with E-state index in [-0.39, 0.29) is 5.92 Å². The van der Waals surface area contributed by atoms with E-state index < -0.39 is 39.9 Å². The molecule has 1 amide bonds. The summed E-state index contributed by atoms with van der Waals surface area (Å²) >= 11 is 0. The molecule has 8 heteroatoms. The second-order valence-electron chi connectivity index (χ2n) is 4.74. The van der Waals surface area contributed by atoms with E-state index in [4.69, 9.17) is 5.73 Å². The molecule has 1 aromatic rings. The van der Waals surface area contributed by atoms with Gasteiger partial charge in [0.1, 0.15) is 0 Å². The van der Waals surface area contributed by atoms with E-state index in [1.165, 1.54) is 0 Å². The van der Waals surface area contributed by atoms with Gasteiger partial charge in [-0.1, -0.05) is 13.8 Å². The molecule has 0 aliphatic heterocycles. The van der Waals surface area contributed by atoms with Gasteiger partial charge in [0, 0.05) is 6.07 Å². The highest BCUT2D eigenvalue weighted by Crippen LogP contribution is 2.29. The summed E-state index contributed by atoms with van der Waals surface area (Å²) in [6, 6.07) is 0.441. The molecule has 1 rings (SSSR count). The number of amides is 1. The van der Waals surface area contributed by atoms with Gasteiger partial charge in [0.05, 0.1) is 11.0 Å². The monoisotopic (exact) mass is 287 g/mol. The molecule has 1 aromatic carbocycles. The van der Waals surface area contributed by atoms with Crippen LogP contribution in [0.3, 0.4) is 0 Å². The van der Waals surface area contributed by atoms with Crippen molar-refractivity contribution >= 4 is 17.3 Å². The van der Waals surface area contributed by atoms with Gasteiger partial charge in [-0.15, -0.1) is 0 Å². The number of hydrogen-bond donors (Lipinski definition) is 2. The van der Waals surface area contributed by atoms with Gasteiger partial charge in [0.2, 0.25) is 5.91 Å². The molecule has 6 nitrogen and oxygen atoms in total. The molecule has 0 aliphatic rings. The van der Waals surface area contributed by atoms with Crippen LogP contribution in [-0.2, 0) is 4.79 Å². The van der Waals surface area contributed by atoms with Gasteiger partial charge in [-0.2, -0.15) is 0 Å². The second kappa shape index (κ2) is 6.38. The molecule has 0 fully saturated rings. The van der Waals surface area contributed by atoms with Crippen LogP contribution in [0.1, 0.15) is 20.3 Å². The lowest BCUT2D eigenvalue weighted by Gasteiger charge is -2.14. The first-order chi connectivity index (χ1) is 9.23. The van der Waals surface area contributed by atoms with Crippen LogP contribution in [-0.4, -0.2) is 16.9 Å². The zero-order valence-corrected chi connectivity index (χ0v) is 11.0. The first-order valence-corrected chi connectivity index (χ1v) is 5.92. The summed E-state index contributed by atoms with van der Waals surface area (Å²) < 4.78 is 26.7. The van der Waals surface area contributed by atoms with Crippen molar-refractivity contribution in [2.24, 2.45) is 11.7 Å². The molecule has 0 unspecified atom stereocenters. The number of nitrogens with two attached hydrogens (primary N) is 1. The van der Waals surface area contributed by atoms with Crippen molar-refractivity contribution in [1.29, 1.82) is 0 Å². The number of rotatable bonds is 5. The minimum absolute atomic E-state index is 0.114. The van der Waals surface area contributed by atoms with E-state index >= 15 is 0 Å². The van der Waals surface area contributed by atoms with Gasteiger partial charge in [-0.3, -0.25) is 14.9 Å². The first kappa shape index (κ1) is 16.0. The van der Waals surface area contributed by atoms with Crippen molar-refractivity contribution in [2.75, 3.05) is 5.32 Å². The molecule has 20 heavy (non-hydrogen) atoms. The van der Waals surface area contributed by atoms with Crippen molar-refractivity contribution in [3.05, 3.63) is 33.9 Å². The molecule has 0 spiro atoms. The fraction of sp³-hybridized carbons (Fsp3) is 0.417. The number of nitro benzene ring substituents is 1. The summed E-state index contributed by atoms with van der Waals surface area (Å²) in [5.41, 5.74) is 4.05. The Balaban J connectivity index is 3.05. The summed E-state index contributed by atoms with van der Waals surface area (Å²) in [5.74, 6) is -3.46. The Morgan fingerprint density at radius 1 is 1.45 bits per heavy atom. The lowest BCUT2D eigenvalue weighted by molar-refractivity contribution is -0.384. The summed E-state index contributed by atoms with van der Waals surface area (Å²) in [4.78, 5) is 21.6. The number of nitro groups is 1. The summed E-state index contributed by atoms with van der Waals surface area (Å²) in [5, 5.41) is 12.7. The molecule has 0 heterocycles. The molecule has 0 aromatic heterocycles. The molecular weight excluding hydrogens is 272 g/mol. The van der Waals surface area contributed by atoms with Crippen LogP contribution in [0.4, 0.5) is 20.2 Å². The Bertz CT molecular complexity index is 535. The van der Waals surface area contributed by atoms with Crippen molar-refractivity contribution in [3.8, 4) is 0 Å². The van der Waals surface area contributed by atoms with Gasteiger partial charge >= 0.3 is 0 Å². The number of nitrogens with one attached hydrogen (secondary N) is 1. The van der Waals surface area contributed by atoms with Crippen LogP contribution in [0.15, 0.2) is 12.1 Å². The smallest absolute Gasteiger partial charge is 0.296 e. The Labute approximate surface area is 114 Å². The van der Waals surface area contributed by atoms with Crippen LogP contribution in [0.25, 0.3) is 0 Å². The highest BCUT2D eigenvalue weighted by molar-refractivity contribution is 5.96. The highest BCUT2D eigenvalue weighted by atomic mass is 19.2. The minimum atomic E-state index is -1.48. The van der Waals surface area contributed by atoms with E-state index in [9.17, 15) is 23.7 Å². The topological polar surface area (TPSA) is 98.3 Å². The molecule has 0 aliphatic carbocycles. The number of anilines is 1. The normalized spacial score (nSPS) is 12.3. The number of halogens is 2. The molecule has 0 saturated carbocycles. The maximum Gasteiger partial charge on any atom is 0.296 e. The maximum atomic E-state index is 13.6. The Morgan fingerprint density at radius 3 is 2.55 bits per heavy atom. The van der Waals surface area contributed by atoms with Crippen molar-refractivity contribution in [3.63, 3.8) is 0 Å². The molecule has 0 saturated heterocycles. The zero-order chi connectivity index (χ0) is 15.4. The number of benzene rings is 1. The van der Waals surface area contributed by atoms with E-state index in [0.29, 0.717) is 12.5 Å². The van der Waals surface area contributed by atoms with Gasteiger partial charge in [-0.25, -0.2) is 8.78 Å². The van der Waals surface area contributed by atoms with Crippen LogP contribution in [0, 0.1) is 27.7 Å². The average Bonchev–Trinajstić information content (AvgIpc) is 2.33. The first-order valence-electron chi connectivity index (χ1n) is 5.92. The van der Waals surface area contributed by atoms with E-state index in [1.807, 2.05) is 19.2 Å². The average molecular weight is 287 g/mol. The van der Waals surface area contributed by atoms with Gasteiger partial charge in [-0.05, 0) is 18.4 Å². The fourth-order valence-electron chi connectivity index (χ4n) is 1.64. The maximum absolute atomic E-state index is 13.6. The van der Waals surface area contributed by atoms with Gasteiger partial charge < -0.3 is 11.1 Å². The van der Waals surface area contributed by atoms with E-state index in [2.05, 4.69) is 0 Å². The van der Waals surface area contributed by atoms with Crippen LogP contribution in [0.5, 0.6) is 0 Å². The standard InChI is InChI=1S/C12H15F2N3O3/c1-6(2)5-8(15)12(18)16-11-9(17(19)20)4-3-7(13)10(11)14/h3-4,6,8H,5,15H2,1-2H3,(H,16,18)/t8-/m1/s1. The third kappa shape index (κ3) is 3.70. The van der Waals surface area contributed by atoms with E-state index in [1.54, 1.807) is 0 Å². The molecule has 3 N–H and O–H groups in total. The Hall–Kier alpha value is -2.09. The van der Waals surface area contributed by atoms with Crippen molar-refractivity contribution in [1.82, 2.24) is 0 Å². The molecule has 1 atom stereocenters. The second-order valence-corrected chi connectivity index (χ2v) is 4.74. The molecule has 0 radical (unpaired) electrons. The lowest BCUT2D eigenvalue weighted by atomic mass is 10.0. The van der Waals surface area contributed by atoms with E-state index in [0.717, 1.165) is 6.07 Å². The minimum Gasteiger partial charge on any atom is -0.320 e. The quantitative estimate of drug-likeness (QED) is 0.640. The summed E-state index contributed by atoms with van der Waals surface area (Å²) in [6.45, 7) is 3.66. The zero-order valence-electron chi connectivity index (χ0n) is 11.0. The van der Waals surface area contributed by atoms with Crippen LogP contribution in [0.2, 0.25) is 0 Å². The largest absolute Gasteiger partial charge is 0.320 e. The molecule has 110 valence electrons. The van der Waals surface area contributed by atoms with Crippen molar-refractivity contribution in [2.45, 2.75) is 26.3 Å². The third-order valence-electron chi connectivity index (χ3n) is 2.58. The highest BCUT2D eigenvalue weighted by Gasteiger charge is 2.25. The molecular formula is C12H15F2N3O3. The lowest BCUT2D eigenvalue weighted by Crippen LogP contribution is -2.37. The number of hydrogen-bond acceptors (Lipinski definition) is 4. The van der Waals surface area contributed by atoms with Gasteiger partial charge in [0.15, 0.2) is 17.3 Å². The predicted molar refractivity (Wildman–Crippen MR) is 69.1 cm³/mol. The number of nitrogens with zero attached hydrogens (tertiary/aromatic N) is 1. The number of carbonyl (C=O) groups is 1. The third-order valence-corrected chi connectivity index (χ3v) is 2.58. The van der Waals surface area contributed by atoms with Gasteiger partial charge in [0.25, 0.3) is 5.69 Å².